The molecule has 6 heteroatoms. The first-order chi connectivity index (χ1) is 6.50. The van der Waals surface area contributed by atoms with E-state index in [0.717, 1.165) is 0 Å². The third-order valence-electron chi connectivity index (χ3n) is 1.66. The molecule has 0 unspecified atom stereocenters. The summed E-state index contributed by atoms with van der Waals surface area (Å²) in [5, 5.41) is 10.1. The van der Waals surface area contributed by atoms with Gasteiger partial charge in [-0.25, -0.2) is 0 Å². The Morgan fingerprint density at radius 1 is 1.57 bits per heavy atom. The minimum absolute atomic E-state index is 0.0657. The van der Waals surface area contributed by atoms with Crippen molar-refractivity contribution in [3.8, 4) is 0 Å². The van der Waals surface area contributed by atoms with Crippen molar-refractivity contribution in [3.63, 3.8) is 0 Å². The monoisotopic (exact) mass is 259 g/mol. The van der Waals surface area contributed by atoms with Crippen LogP contribution in [-0.4, -0.2) is 23.0 Å². The van der Waals surface area contributed by atoms with Crippen molar-refractivity contribution in [2.24, 2.45) is 0 Å². The highest BCUT2D eigenvalue weighted by atomic mass is 79.9. The molecule has 0 spiro atoms. The lowest BCUT2D eigenvalue weighted by atomic mass is 10.0. The van der Waals surface area contributed by atoms with Crippen molar-refractivity contribution >= 4 is 27.5 Å². The highest BCUT2D eigenvalue weighted by Gasteiger charge is 2.22. The fourth-order valence-electron chi connectivity index (χ4n) is 1.03. The first-order valence-electron chi connectivity index (χ1n) is 3.75. The molecule has 0 N–H and O–H groups in total. The highest BCUT2D eigenvalue weighted by Crippen LogP contribution is 2.22. The van der Waals surface area contributed by atoms with Gasteiger partial charge in [0.05, 0.1) is 0 Å². The smallest absolute Gasteiger partial charge is 0.265 e. The molecule has 1 aliphatic carbocycles. The number of halogens is 1. The second-order valence-electron chi connectivity index (χ2n) is 2.72. The van der Waals surface area contributed by atoms with E-state index in [-0.39, 0.29) is 17.8 Å². The standard InChI is InChI=1S/C8H6BrNO4/c9-7-2-1-5(11)3-6(7)8(12)4-10(13)14/h1-2H,3-4H2. The minimum atomic E-state index is -0.772. The summed E-state index contributed by atoms with van der Waals surface area (Å²) in [4.78, 5) is 31.6. The fraction of sp³-hybridized carbons (Fsp3) is 0.250. The maximum absolute atomic E-state index is 11.2. The Kier molecular flexibility index (Phi) is 3.29. The second kappa shape index (κ2) is 4.28. The van der Waals surface area contributed by atoms with Crippen LogP contribution in [0.5, 0.6) is 0 Å². The van der Waals surface area contributed by atoms with E-state index in [1.165, 1.54) is 12.2 Å². The second-order valence-corrected chi connectivity index (χ2v) is 3.57. The molecule has 5 nitrogen and oxygen atoms in total. The summed E-state index contributed by atoms with van der Waals surface area (Å²) in [5.41, 5.74) is 0.175. The van der Waals surface area contributed by atoms with Crippen molar-refractivity contribution in [3.05, 3.63) is 32.3 Å². The molecule has 0 aromatic heterocycles. The number of Topliss-reactive ketones (excluding diaryl/α,β-unsaturated/α-hetero) is 1. The molecule has 0 fully saturated rings. The minimum Gasteiger partial charge on any atom is -0.294 e. The molecule has 74 valence electrons. The molecule has 1 aliphatic rings. The number of allylic oxidation sites excluding steroid dienone is 3. The van der Waals surface area contributed by atoms with Gasteiger partial charge in [-0.3, -0.25) is 19.7 Å². The van der Waals surface area contributed by atoms with Crippen molar-refractivity contribution in [1.29, 1.82) is 0 Å². The average molecular weight is 260 g/mol. The molecule has 1 rings (SSSR count). The van der Waals surface area contributed by atoms with Crippen LogP contribution in [0.2, 0.25) is 0 Å². The summed E-state index contributed by atoms with van der Waals surface area (Å²) in [6.45, 7) is -0.772. The quantitative estimate of drug-likeness (QED) is 0.560. The number of hydrogen-bond acceptors (Lipinski definition) is 4. The molecule has 0 saturated carbocycles. The number of nitro groups is 1. The molecule has 0 aromatic carbocycles. The van der Waals surface area contributed by atoms with Gasteiger partial charge in [-0.1, -0.05) is 15.9 Å². The Morgan fingerprint density at radius 3 is 2.79 bits per heavy atom. The van der Waals surface area contributed by atoms with Gasteiger partial charge in [0.25, 0.3) is 6.54 Å². The Hall–Kier alpha value is -1.30. The lowest BCUT2D eigenvalue weighted by molar-refractivity contribution is -0.466. The van der Waals surface area contributed by atoms with Crippen LogP contribution in [0.25, 0.3) is 0 Å². The summed E-state index contributed by atoms with van der Waals surface area (Å²) in [7, 11) is 0. The highest BCUT2D eigenvalue weighted by molar-refractivity contribution is 9.12. The molecule has 0 saturated heterocycles. The van der Waals surface area contributed by atoms with Crippen LogP contribution in [0.4, 0.5) is 0 Å². The van der Waals surface area contributed by atoms with E-state index in [1.54, 1.807) is 0 Å². The van der Waals surface area contributed by atoms with E-state index in [0.29, 0.717) is 4.48 Å². The van der Waals surface area contributed by atoms with E-state index >= 15 is 0 Å². The predicted molar refractivity (Wildman–Crippen MR) is 51.6 cm³/mol. The maximum atomic E-state index is 11.2. The third-order valence-corrected chi connectivity index (χ3v) is 2.41. The number of carbonyl (C=O) groups is 2. The number of ketones is 2. The van der Waals surface area contributed by atoms with Crippen molar-refractivity contribution < 1.29 is 14.5 Å². The molecule has 0 atom stereocenters. The number of hydrogen-bond donors (Lipinski definition) is 0. The van der Waals surface area contributed by atoms with Gasteiger partial charge in [0.1, 0.15) is 0 Å². The van der Waals surface area contributed by atoms with Gasteiger partial charge in [-0.15, -0.1) is 0 Å². The Labute approximate surface area is 87.8 Å². The van der Waals surface area contributed by atoms with Gasteiger partial charge in [-0.2, -0.15) is 0 Å². The van der Waals surface area contributed by atoms with Crippen LogP contribution in [0.3, 0.4) is 0 Å². The van der Waals surface area contributed by atoms with Gasteiger partial charge >= 0.3 is 0 Å². The molecule has 0 radical (unpaired) electrons. The normalized spacial score (nSPS) is 15.9. The molecule has 14 heavy (non-hydrogen) atoms. The van der Waals surface area contributed by atoms with Gasteiger partial charge in [-0.05, 0) is 12.2 Å². The largest absolute Gasteiger partial charge is 0.294 e. The molecule has 0 aliphatic heterocycles. The predicted octanol–water partition coefficient (Wildman–Crippen LogP) is 1.01. The van der Waals surface area contributed by atoms with E-state index < -0.39 is 17.3 Å². The zero-order chi connectivity index (χ0) is 10.7. The number of rotatable bonds is 3. The van der Waals surface area contributed by atoms with Crippen LogP contribution >= 0.6 is 15.9 Å². The van der Waals surface area contributed by atoms with Crippen molar-refractivity contribution in [2.45, 2.75) is 6.42 Å². The fourth-order valence-corrected chi connectivity index (χ4v) is 1.52. The Morgan fingerprint density at radius 2 is 2.21 bits per heavy atom. The summed E-state index contributed by atoms with van der Waals surface area (Å²) in [5.74, 6) is -0.848. The number of carbonyl (C=O) groups excluding carboxylic acids is 2. The van der Waals surface area contributed by atoms with Gasteiger partial charge in [0, 0.05) is 21.4 Å². The summed E-state index contributed by atoms with van der Waals surface area (Å²) >= 11 is 3.07. The molecule has 0 bridgehead atoms. The topological polar surface area (TPSA) is 77.3 Å². The Balaban J connectivity index is 2.85. The van der Waals surface area contributed by atoms with Crippen LogP contribution < -0.4 is 0 Å². The summed E-state index contributed by atoms with van der Waals surface area (Å²) in [6.07, 6.45) is 2.69. The lowest BCUT2D eigenvalue weighted by Gasteiger charge is -2.07. The van der Waals surface area contributed by atoms with Gasteiger partial charge in [0.2, 0.25) is 5.78 Å². The van der Waals surface area contributed by atoms with E-state index in [1.807, 2.05) is 0 Å². The zero-order valence-electron chi connectivity index (χ0n) is 7.03. The number of nitrogens with zero attached hydrogens (tertiary/aromatic N) is 1. The van der Waals surface area contributed by atoms with Crippen LogP contribution in [-0.2, 0) is 9.59 Å². The summed E-state index contributed by atoms with van der Waals surface area (Å²) < 4.78 is 0.448. The van der Waals surface area contributed by atoms with Crippen molar-refractivity contribution in [2.75, 3.05) is 6.54 Å². The van der Waals surface area contributed by atoms with Gasteiger partial charge in [0.15, 0.2) is 5.78 Å². The van der Waals surface area contributed by atoms with E-state index in [9.17, 15) is 19.7 Å². The molecule has 0 amide bonds. The maximum Gasteiger partial charge on any atom is 0.265 e. The lowest BCUT2D eigenvalue weighted by Crippen LogP contribution is -2.19. The molecular weight excluding hydrogens is 254 g/mol. The molecule has 0 aromatic rings. The summed E-state index contributed by atoms with van der Waals surface area (Å²) in [6, 6.07) is 0. The SMILES string of the molecule is O=C1C=CC(Br)=C(C(=O)C[N+](=O)[O-])C1. The van der Waals surface area contributed by atoms with Crippen LogP contribution in [0, 0.1) is 10.1 Å². The Bertz CT molecular complexity index is 370. The van der Waals surface area contributed by atoms with Gasteiger partial charge < -0.3 is 0 Å². The third kappa shape index (κ3) is 2.59. The van der Waals surface area contributed by atoms with E-state index in [4.69, 9.17) is 0 Å². The average Bonchev–Trinajstić information content (AvgIpc) is 2.08. The first-order valence-corrected chi connectivity index (χ1v) is 4.54. The van der Waals surface area contributed by atoms with E-state index in [2.05, 4.69) is 15.9 Å². The molecular formula is C8H6BrNO4. The first kappa shape index (κ1) is 10.8. The molecule has 0 heterocycles. The zero-order valence-corrected chi connectivity index (χ0v) is 8.61. The van der Waals surface area contributed by atoms with Crippen molar-refractivity contribution in [1.82, 2.24) is 0 Å². The van der Waals surface area contributed by atoms with Crippen LogP contribution in [0.1, 0.15) is 6.42 Å². The van der Waals surface area contributed by atoms with Crippen LogP contribution in [0.15, 0.2) is 22.2 Å².